The molecule has 13 heavy (non-hydrogen) atoms. The highest BCUT2D eigenvalue weighted by molar-refractivity contribution is 7.99. The first-order valence-corrected chi connectivity index (χ1v) is 5.60. The van der Waals surface area contributed by atoms with Gasteiger partial charge in [-0.25, -0.2) is 0 Å². The third-order valence-corrected chi connectivity index (χ3v) is 3.20. The van der Waals surface area contributed by atoms with Gasteiger partial charge in [-0.3, -0.25) is 0 Å². The number of ether oxygens (including phenoxy) is 1. The predicted octanol–water partition coefficient (Wildman–Crippen LogP) is 2.15. The van der Waals surface area contributed by atoms with Crippen LogP contribution in [0, 0.1) is 0 Å². The second-order valence-corrected chi connectivity index (χ2v) is 4.32. The third kappa shape index (κ3) is 2.31. The first-order valence-electron chi connectivity index (χ1n) is 4.44. The molecule has 2 N–H and O–H groups in total. The Hall–Kier alpha value is -0.830. The highest BCUT2D eigenvalue weighted by Crippen LogP contribution is 2.23. The maximum atomic E-state index is 5.75. The molecule has 2 rings (SSSR count). The molecule has 70 valence electrons. The first-order chi connectivity index (χ1) is 6.34. The van der Waals surface area contributed by atoms with E-state index in [1.54, 1.807) is 0 Å². The number of hydrogen-bond acceptors (Lipinski definition) is 3. The van der Waals surface area contributed by atoms with Gasteiger partial charge in [0.15, 0.2) is 0 Å². The molecule has 0 saturated carbocycles. The fourth-order valence-corrected chi connectivity index (χ4v) is 2.44. The average Bonchev–Trinajstić information content (AvgIpc) is 2.62. The highest BCUT2D eigenvalue weighted by Gasteiger charge is 2.16. The summed E-state index contributed by atoms with van der Waals surface area (Å²) in [5, 5.41) is 0. The van der Waals surface area contributed by atoms with Crippen molar-refractivity contribution in [1.29, 1.82) is 0 Å². The Labute approximate surface area is 82.5 Å². The molecule has 1 aliphatic rings. The van der Waals surface area contributed by atoms with Crippen molar-refractivity contribution in [2.45, 2.75) is 12.5 Å². The van der Waals surface area contributed by atoms with E-state index in [4.69, 9.17) is 10.5 Å². The van der Waals surface area contributed by atoms with Crippen molar-refractivity contribution < 1.29 is 4.74 Å². The van der Waals surface area contributed by atoms with Gasteiger partial charge in [-0.1, -0.05) is 0 Å². The fourth-order valence-electron chi connectivity index (χ4n) is 1.34. The lowest BCUT2D eigenvalue weighted by molar-refractivity contribution is 0.229. The molecule has 1 aromatic carbocycles. The van der Waals surface area contributed by atoms with Crippen LogP contribution in [0.5, 0.6) is 5.75 Å². The third-order valence-electron chi connectivity index (χ3n) is 2.07. The number of anilines is 1. The molecule has 1 aromatic rings. The molecule has 0 bridgehead atoms. The van der Waals surface area contributed by atoms with Gasteiger partial charge < -0.3 is 10.5 Å². The second kappa shape index (κ2) is 3.92. The zero-order valence-corrected chi connectivity index (χ0v) is 8.22. The number of nitrogen functional groups attached to an aromatic ring is 1. The topological polar surface area (TPSA) is 35.2 Å². The summed E-state index contributed by atoms with van der Waals surface area (Å²) in [6.45, 7) is 0. The standard InChI is InChI=1S/C10H13NOS/c11-8-1-3-9(4-2-8)12-10-5-6-13-7-10/h1-4,10H,5-7,11H2. The minimum absolute atomic E-state index is 0.397. The van der Waals surface area contributed by atoms with Crippen LogP contribution in [0.1, 0.15) is 6.42 Å². The molecule has 0 spiro atoms. The zero-order chi connectivity index (χ0) is 9.10. The summed E-state index contributed by atoms with van der Waals surface area (Å²) in [6, 6.07) is 7.60. The van der Waals surface area contributed by atoms with E-state index in [-0.39, 0.29) is 0 Å². The van der Waals surface area contributed by atoms with Gasteiger partial charge in [0.25, 0.3) is 0 Å². The number of hydrogen-bond donors (Lipinski definition) is 1. The predicted molar refractivity (Wildman–Crippen MR) is 57.2 cm³/mol. The highest BCUT2D eigenvalue weighted by atomic mass is 32.2. The monoisotopic (exact) mass is 195 g/mol. The summed E-state index contributed by atoms with van der Waals surface area (Å²) in [4.78, 5) is 0. The molecular formula is C10H13NOS. The summed E-state index contributed by atoms with van der Waals surface area (Å²) in [5.74, 6) is 3.27. The van der Waals surface area contributed by atoms with Crippen LogP contribution in [0.3, 0.4) is 0 Å². The molecule has 1 aliphatic heterocycles. The van der Waals surface area contributed by atoms with Crippen molar-refractivity contribution in [2.24, 2.45) is 0 Å². The van der Waals surface area contributed by atoms with E-state index in [1.165, 1.54) is 5.75 Å². The number of thioether (sulfide) groups is 1. The van der Waals surface area contributed by atoms with Gasteiger partial charge in [0.1, 0.15) is 11.9 Å². The summed E-state index contributed by atoms with van der Waals surface area (Å²) in [6.07, 6.45) is 1.56. The van der Waals surface area contributed by atoms with Crippen LogP contribution >= 0.6 is 11.8 Å². The van der Waals surface area contributed by atoms with Gasteiger partial charge in [-0.2, -0.15) is 11.8 Å². The van der Waals surface area contributed by atoms with Crippen molar-refractivity contribution in [3.05, 3.63) is 24.3 Å². The lowest BCUT2D eigenvalue weighted by Gasteiger charge is -2.11. The molecule has 0 aliphatic carbocycles. The van der Waals surface area contributed by atoms with E-state index in [0.717, 1.165) is 23.6 Å². The second-order valence-electron chi connectivity index (χ2n) is 3.17. The molecular weight excluding hydrogens is 182 g/mol. The summed E-state index contributed by atoms with van der Waals surface area (Å²) in [7, 11) is 0. The van der Waals surface area contributed by atoms with Gasteiger partial charge in [0, 0.05) is 11.4 Å². The van der Waals surface area contributed by atoms with E-state index >= 15 is 0 Å². The molecule has 1 heterocycles. The van der Waals surface area contributed by atoms with Gasteiger partial charge in [0.2, 0.25) is 0 Å². The van der Waals surface area contributed by atoms with Gasteiger partial charge >= 0.3 is 0 Å². The quantitative estimate of drug-likeness (QED) is 0.734. The van der Waals surface area contributed by atoms with Crippen LogP contribution in [0.4, 0.5) is 5.69 Å². The van der Waals surface area contributed by atoms with Crippen LogP contribution in [0.2, 0.25) is 0 Å². The average molecular weight is 195 g/mol. The van der Waals surface area contributed by atoms with E-state index in [1.807, 2.05) is 36.0 Å². The van der Waals surface area contributed by atoms with Gasteiger partial charge in [0.05, 0.1) is 0 Å². The molecule has 0 radical (unpaired) electrons. The van der Waals surface area contributed by atoms with Crippen LogP contribution in [0.15, 0.2) is 24.3 Å². The smallest absolute Gasteiger partial charge is 0.119 e. The van der Waals surface area contributed by atoms with Gasteiger partial charge in [-0.05, 0) is 36.4 Å². The van der Waals surface area contributed by atoms with Crippen molar-refractivity contribution in [3.63, 3.8) is 0 Å². The summed E-state index contributed by atoms with van der Waals surface area (Å²) in [5.41, 5.74) is 6.36. The Morgan fingerprint density at radius 1 is 1.31 bits per heavy atom. The summed E-state index contributed by atoms with van der Waals surface area (Å²) >= 11 is 1.95. The summed E-state index contributed by atoms with van der Waals surface area (Å²) < 4.78 is 5.75. The largest absolute Gasteiger partial charge is 0.490 e. The lowest BCUT2D eigenvalue weighted by atomic mass is 10.3. The van der Waals surface area contributed by atoms with Crippen molar-refractivity contribution in [2.75, 3.05) is 17.2 Å². The van der Waals surface area contributed by atoms with Crippen molar-refractivity contribution in [1.82, 2.24) is 0 Å². The Balaban J connectivity index is 1.97. The molecule has 0 amide bonds. The maximum Gasteiger partial charge on any atom is 0.119 e. The van der Waals surface area contributed by atoms with E-state index < -0.39 is 0 Å². The molecule has 2 nitrogen and oxygen atoms in total. The molecule has 0 aromatic heterocycles. The zero-order valence-electron chi connectivity index (χ0n) is 7.40. The Morgan fingerprint density at radius 2 is 2.08 bits per heavy atom. The minimum atomic E-state index is 0.397. The van der Waals surface area contributed by atoms with E-state index in [9.17, 15) is 0 Å². The normalized spacial score (nSPS) is 21.7. The van der Waals surface area contributed by atoms with Crippen LogP contribution in [-0.4, -0.2) is 17.6 Å². The molecule has 1 fully saturated rings. The Bertz CT molecular complexity index is 267. The van der Waals surface area contributed by atoms with E-state index in [0.29, 0.717) is 6.10 Å². The molecule has 1 saturated heterocycles. The van der Waals surface area contributed by atoms with Crippen LogP contribution in [0.25, 0.3) is 0 Å². The Kier molecular flexibility index (Phi) is 2.64. The van der Waals surface area contributed by atoms with Crippen molar-refractivity contribution in [3.8, 4) is 5.75 Å². The van der Waals surface area contributed by atoms with E-state index in [2.05, 4.69) is 0 Å². The molecule has 3 heteroatoms. The minimum Gasteiger partial charge on any atom is -0.490 e. The lowest BCUT2D eigenvalue weighted by Crippen LogP contribution is -2.14. The Morgan fingerprint density at radius 3 is 2.69 bits per heavy atom. The van der Waals surface area contributed by atoms with Gasteiger partial charge in [-0.15, -0.1) is 0 Å². The number of nitrogens with two attached hydrogens (primary N) is 1. The fraction of sp³-hybridized carbons (Fsp3) is 0.400. The van der Waals surface area contributed by atoms with Crippen LogP contribution in [-0.2, 0) is 0 Å². The molecule has 1 unspecified atom stereocenters. The SMILES string of the molecule is Nc1ccc(OC2CCSC2)cc1. The maximum absolute atomic E-state index is 5.75. The number of rotatable bonds is 2. The molecule has 1 atom stereocenters. The van der Waals surface area contributed by atoms with Crippen molar-refractivity contribution >= 4 is 17.4 Å². The van der Waals surface area contributed by atoms with Crippen LogP contribution < -0.4 is 10.5 Å². The first kappa shape index (κ1) is 8.75. The number of benzene rings is 1.